The van der Waals surface area contributed by atoms with Gasteiger partial charge in [0.25, 0.3) is 8.32 Å². The number of hydrogen-bond donors (Lipinski definition) is 0. The third-order valence-electron chi connectivity index (χ3n) is 6.54. The van der Waals surface area contributed by atoms with E-state index in [4.69, 9.17) is 4.43 Å². The molecular formula is C26H36OSi. The zero-order chi connectivity index (χ0) is 20.4. The largest absolute Gasteiger partial charge is 0.407 e. The van der Waals surface area contributed by atoms with E-state index in [2.05, 4.69) is 102 Å². The van der Waals surface area contributed by atoms with Gasteiger partial charge in [-0.2, -0.15) is 0 Å². The lowest BCUT2D eigenvalue weighted by Gasteiger charge is -2.44. The highest BCUT2D eigenvalue weighted by Gasteiger charge is 2.50. The van der Waals surface area contributed by atoms with Crippen LogP contribution in [0.2, 0.25) is 5.04 Å². The van der Waals surface area contributed by atoms with Crippen molar-refractivity contribution in [1.29, 1.82) is 0 Å². The fourth-order valence-electron chi connectivity index (χ4n) is 4.98. The molecule has 2 aromatic rings. The minimum absolute atomic E-state index is 0.0443. The van der Waals surface area contributed by atoms with Crippen LogP contribution >= 0.6 is 0 Å². The van der Waals surface area contributed by atoms with E-state index in [9.17, 15) is 0 Å². The predicted molar refractivity (Wildman–Crippen MR) is 124 cm³/mol. The minimum Gasteiger partial charge on any atom is -0.407 e. The number of rotatable bonds is 5. The Morgan fingerprint density at radius 2 is 1.43 bits per heavy atom. The summed E-state index contributed by atoms with van der Waals surface area (Å²) in [6.45, 7) is 14.8. The molecular weight excluding hydrogens is 356 g/mol. The zero-order valence-electron chi connectivity index (χ0n) is 18.5. The molecule has 0 saturated heterocycles. The summed E-state index contributed by atoms with van der Waals surface area (Å²) in [5.74, 6) is 1.25. The SMILES string of the molecule is CC(C)=C1CC[C@@H](C)[C@@H]1CO[Si](c1ccccc1)(c1ccccc1)C(C)(C)C. The van der Waals surface area contributed by atoms with Crippen LogP contribution in [-0.4, -0.2) is 14.9 Å². The summed E-state index contributed by atoms with van der Waals surface area (Å²) in [6, 6.07) is 22.0. The van der Waals surface area contributed by atoms with E-state index in [1.54, 1.807) is 5.57 Å². The van der Waals surface area contributed by atoms with Crippen molar-refractivity contribution in [1.82, 2.24) is 0 Å². The monoisotopic (exact) mass is 392 g/mol. The summed E-state index contributed by atoms with van der Waals surface area (Å²) < 4.78 is 7.21. The molecule has 150 valence electrons. The molecule has 2 aromatic carbocycles. The highest BCUT2D eigenvalue weighted by molar-refractivity contribution is 6.99. The van der Waals surface area contributed by atoms with Crippen LogP contribution in [0.15, 0.2) is 71.8 Å². The smallest absolute Gasteiger partial charge is 0.261 e. The van der Waals surface area contributed by atoms with Crippen molar-refractivity contribution >= 4 is 18.7 Å². The molecule has 2 atom stereocenters. The maximum Gasteiger partial charge on any atom is 0.261 e. The minimum atomic E-state index is -2.43. The Kier molecular flexibility index (Phi) is 6.31. The lowest BCUT2D eigenvalue weighted by molar-refractivity contribution is 0.229. The molecule has 0 bridgehead atoms. The van der Waals surface area contributed by atoms with E-state index < -0.39 is 8.32 Å². The van der Waals surface area contributed by atoms with Crippen LogP contribution < -0.4 is 10.4 Å². The Bertz CT molecular complexity index is 758. The third-order valence-corrected chi connectivity index (χ3v) is 11.5. The number of benzene rings is 2. The van der Waals surface area contributed by atoms with Crippen LogP contribution in [0, 0.1) is 11.8 Å². The van der Waals surface area contributed by atoms with E-state index >= 15 is 0 Å². The van der Waals surface area contributed by atoms with Gasteiger partial charge >= 0.3 is 0 Å². The van der Waals surface area contributed by atoms with Gasteiger partial charge in [-0.05, 0) is 48.0 Å². The van der Waals surface area contributed by atoms with Crippen molar-refractivity contribution in [2.24, 2.45) is 11.8 Å². The quantitative estimate of drug-likeness (QED) is 0.451. The van der Waals surface area contributed by atoms with E-state index in [0.29, 0.717) is 11.8 Å². The molecule has 0 unspecified atom stereocenters. The molecule has 28 heavy (non-hydrogen) atoms. The van der Waals surface area contributed by atoms with Crippen molar-refractivity contribution in [2.75, 3.05) is 6.61 Å². The van der Waals surface area contributed by atoms with Crippen molar-refractivity contribution in [2.45, 2.75) is 59.4 Å². The average Bonchev–Trinajstić information content (AvgIpc) is 3.04. The highest BCUT2D eigenvalue weighted by atomic mass is 28.4. The molecule has 0 N–H and O–H groups in total. The maximum absolute atomic E-state index is 7.21. The second-order valence-corrected chi connectivity index (χ2v) is 13.9. The van der Waals surface area contributed by atoms with Gasteiger partial charge in [0.05, 0.1) is 0 Å². The van der Waals surface area contributed by atoms with E-state index in [1.807, 2.05) is 0 Å². The van der Waals surface area contributed by atoms with E-state index in [1.165, 1.54) is 28.8 Å². The average molecular weight is 393 g/mol. The summed E-state index contributed by atoms with van der Waals surface area (Å²) in [6.07, 6.45) is 2.52. The fraction of sp³-hybridized carbons (Fsp3) is 0.462. The highest BCUT2D eigenvalue weighted by Crippen LogP contribution is 2.41. The topological polar surface area (TPSA) is 9.23 Å². The van der Waals surface area contributed by atoms with Crippen LogP contribution in [0.3, 0.4) is 0 Å². The van der Waals surface area contributed by atoms with Crippen molar-refractivity contribution in [3.8, 4) is 0 Å². The molecule has 2 heteroatoms. The van der Waals surface area contributed by atoms with Crippen LogP contribution in [0.5, 0.6) is 0 Å². The molecule has 0 amide bonds. The second kappa shape index (κ2) is 8.38. The van der Waals surface area contributed by atoms with Gasteiger partial charge in [-0.15, -0.1) is 0 Å². The van der Waals surface area contributed by atoms with Crippen LogP contribution in [0.4, 0.5) is 0 Å². The first-order valence-corrected chi connectivity index (χ1v) is 12.6. The summed E-state index contributed by atoms with van der Waals surface area (Å²) in [4.78, 5) is 0. The van der Waals surface area contributed by atoms with Crippen molar-refractivity contribution in [3.05, 3.63) is 71.8 Å². The third kappa shape index (κ3) is 3.90. The molecule has 0 spiro atoms. The van der Waals surface area contributed by atoms with Crippen molar-refractivity contribution in [3.63, 3.8) is 0 Å². The zero-order valence-corrected chi connectivity index (χ0v) is 19.5. The Balaban J connectivity index is 2.08. The fourth-order valence-corrected chi connectivity index (χ4v) is 9.56. The van der Waals surface area contributed by atoms with Crippen molar-refractivity contribution < 1.29 is 4.43 Å². The van der Waals surface area contributed by atoms with Gasteiger partial charge in [0.15, 0.2) is 0 Å². The van der Waals surface area contributed by atoms with E-state index in [0.717, 1.165) is 6.61 Å². The van der Waals surface area contributed by atoms with Gasteiger partial charge < -0.3 is 4.43 Å². The molecule has 1 saturated carbocycles. The van der Waals surface area contributed by atoms with Gasteiger partial charge in [0.2, 0.25) is 0 Å². The van der Waals surface area contributed by atoms with Gasteiger partial charge in [-0.3, -0.25) is 0 Å². The first kappa shape index (κ1) is 21.1. The van der Waals surface area contributed by atoms with Gasteiger partial charge in [-0.1, -0.05) is 99.5 Å². The van der Waals surface area contributed by atoms with Gasteiger partial charge in [0, 0.05) is 12.5 Å². The molecule has 0 aliphatic heterocycles. The molecule has 0 aromatic heterocycles. The van der Waals surface area contributed by atoms with Crippen LogP contribution in [0.1, 0.15) is 54.4 Å². The standard InChI is InChI=1S/C26H36OSi/c1-20(2)24-18-17-21(3)25(24)19-27-28(26(4,5)6,22-13-9-7-10-14-22)23-15-11-8-12-16-23/h7-16,21,25H,17-19H2,1-6H3/t21-,25+/m1/s1. The summed E-state index contributed by atoms with van der Waals surface area (Å²) in [7, 11) is -2.43. The summed E-state index contributed by atoms with van der Waals surface area (Å²) in [5, 5.41) is 2.79. The molecule has 3 rings (SSSR count). The summed E-state index contributed by atoms with van der Waals surface area (Å²) in [5.41, 5.74) is 3.12. The number of hydrogen-bond acceptors (Lipinski definition) is 1. The molecule has 1 nitrogen and oxygen atoms in total. The number of allylic oxidation sites excluding steroid dienone is 1. The maximum atomic E-state index is 7.21. The first-order chi connectivity index (χ1) is 13.3. The Morgan fingerprint density at radius 1 is 0.929 bits per heavy atom. The molecule has 0 heterocycles. The lowest BCUT2D eigenvalue weighted by Crippen LogP contribution is -2.67. The molecule has 1 aliphatic carbocycles. The first-order valence-electron chi connectivity index (χ1n) is 10.7. The Labute approximate surface area is 173 Å². The van der Waals surface area contributed by atoms with E-state index in [-0.39, 0.29) is 5.04 Å². The van der Waals surface area contributed by atoms with Crippen LogP contribution in [0.25, 0.3) is 0 Å². The molecule has 0 radical (unpaired) electrons. The normalized spacial score (nSPS) is 20.4. The van der Waals surface area contributed by atoms with Gasteiger partial charge in [0.1, 0.15) is 0 Å². The lowest BCUT2D eigenvalue weighted by atomic mass is 9.93. The predicted octanol–water partition coefficient (Wildman–Crippen LogP) is 5.95. The van der Waals surface area contributed by atoms with Gasteiger partial charge in [-0.25, -0.2) is 0 Å². The Morgan fingerprint density at radius 3 is 1.86 bits per heavy atom. The Hall–Kier alpha value is -1.64. The molecule has 1 fully saturated rings. The molecule has 1 aliphatic rings. The van der Waals surface area contributed by atoms with Crippen LogP contribution in [-0.2, 0) is 4.43 Å². The summed E-state index contributed by atoms with van der Waals surface area (Å²) >= 11 is 0. The second-order valence-electron chi connectivity index (χ2n) is 9.62.